The zero-order valence-corrected chi connectivity index (χ0v) is 12.6. The maximum Gasteiger partial charge on any atom is 0.252 e. The fourth-order valence-corrected chi connectivity index (χ4v) is 2.58. The number of rotatable bonds is 3. The molecule has 0 radical (unpaired) electrons. The van der Waals surface area contributed by atoms with Crippen molar-refractivity contribution in [2.24, 2.45) is 0 Å². The Bertz CT molecular complexity index is 557. The number of aryl methyl sites for hydroxylation is 1. The number of nitrogens with zero attached hydrogens (tertiary/aromatic N) is 1. The van der Waals surface area contributed by atoms with Crippen molar-refractivity contribution in [2.45, 2.75) is 45.7 Å². The van der Waals surface area contributed by atoms with Gasteiger partial charge in [-0.15, -0.1) is 0 Å². The summed E-state index contributed by atoms with van der Waals surface area (Å²) in [6.45, 7) is 9.99. The van der Waals surface area contributed by atoms with Gasteiger partial charge in [-0.3, -0.25) is 14.5 Å². The molecule has 5 nitrogen and oxygen atoms in total. The third-order valence-corrected chi connectivity index (χ3v) is 3.86. The van der Waals surface area contributed by atoms with Gasteiger partial charge >= 0.3 is 0 Å². The molecule has 1 atom stereocenters. The van der Waals surface area contributed by atoms with Crippen molar-refractivity contribution in [1.29, 1.82) is 0 Å². The van der Waals surface area contributed by atoms with E-state index in [1.807, 2.05) is 0 Å². The van der Waals surface area contributed by atoms with E-state index < -0.39 is 0 Å². The molecule has 0 spiro atoms. The first kappa shape index (κ1) is 14.8. The SMILES string of the molecule is Cc1cc(C(=O)NCC2CCN2C(C)(C)C)c[nH]c1=O. The Hall–Kier alpha value is -1.62. The van der Waals surface area contributed by atoms with Crippen LogP contribution < -0.4 is 10.9 Å². The van der Waals surface area contributed by atoms with Crippen LogP contribution in [0.4, 0.5) is 0 Å². The number of likely N-dealkylation sites (tertiary alicyclic amines) is 1. The van der Waals surface area contributed by atoms with E-state index in [9.17, 15) is 9.59 Å². The van der Waals surface area contributed by atoms with Gasteiger partial charge in [0, 0.05) is 36.4 Å². The highest BCUT2D eigenvalue weighted by Gasteiger charge is 2.35. The van der Waals surface area contributed by atoms with Crippen LogP contribution in [-0.2, 0) is 0 Å². The highest BCUT2D eigenvalue weighted by molar-refractivity contribution is 5.94. The summed E-state index contributed by atoms with van der Waals surface area (Å²) in [6, 6.07) is 2.03. The normalized spacial score (nSPS) is 19.5. The number of pyridine rings is 1. The van der Waals surface area contributed by atoms with E-state index in [2.05, 4.69) is 36.0 Å². The molecule has 0 saturated carbocycles. The fourth-order valence-electron chi connectivity index (χ4n) is 2.58. The maximum absolute atomic E-state index is 12.1. The van der Waals surface area contributed by atoms with E-state index in [-0.39, 0.29) is 17.0 Å². The van der Waals surface area contributed by atoms with E-state index in [1.165, 1.54) is 6.20 Å². The number of hydrogen-bond acceptors (Lipinski definition) is 3. The molecule has 1 saturated heterocycles. The van der Waals surface area contributed by atoms with E-state index in [0.29, 0.717) is 23.7 Å². The van der Waals surface area contributed by atoms with E-state index >= 15 is 0 Å². The lowest BCUT2D eigenvalue weighted by Crippen LogP contribution is -2.60. The first-order chi connectivity index (χ1) is 9.29. The summed E-state index contributed by atoms with van der Waals surface area (Å²) in [5.41, 5.74) is 1.04. The van der Waals surface area contributed by atoms with Crippen LogP contribution in [0.3, 0.4) is 0 Å². The summed E-state index contributed by atoms with van der Waals surface area (Å²) >= 11 is 0. The predicted molar refractivity (Wildman–Crippen MR) is 79.0 cm³/mol. The monoisotopic (exact) mass is 277 g/mol. The Morgan fingerprint density at radius 1 is 1.50 bits per heavy atom. The lowest BCUT2D eigenvalue weighted by atomic mass is 9.93. The van der Waals surface area contributed by atoms with Crippen molar-refractivity contribution in [3.05, 3.63) is 33.7 Å². The van der Waals surface area contributed by atoms with Gasteiger partial charge in [0.05, 0.1) is 5.56 Å². The van der Waals surface area contributed by atoms with Gasteiger partial charge in [-0.05, 0) is 40.2 Å². The number of carbonyl (C=O) groups excluding carboxylic acids is 1. The molecule has 1 unspecified atom stereocenters. The van der Waals surface area contributed by atoms with Crippen molar-refractivity contribution in [3.8, 4) is 0 Å². The zero-order chi connectivity index (χ0) is 14.9. The second-order valence-electron chi connectivity index (χ2n) is 6.42. The van der Waals surface area contributed by atoms with Gasteiger partial charge in [0.15, 0.2) is 0 Å². The number of carbonyl (C=O) groups is 1. The minimum Gasteiger partial charge on any atom is -0.350 e. The third-order valence-electron chi connectivity index (χ3n) is 3.86. The molecule has 1 fully saturated rings. The van der Waals surface area contributed by atoms with Crippen molar-refractivity contribution >= 4 is 5.91 Å². The van der Waals surface area contributed by atoms with Crippen LogP contribution in [0, 0.1) is 6.92 Å². The quantitative estimate of drug-likeness (QED) is 0.875. The first-order valence-electron chi connectivity index (χ1n) is 7.03. The number of H-pyrrole nitrogens is 1. The number of aromatic amines is 1. The molecule has 20 heavy (non-hydrogen) atoms. The topological polar surface area (TPSA) is 65.2 Å². The molecule has 110 valence electrons. The Labute approximate surface area is 119 Å². The van der Waals surface area contributed by atoms with Gasteiger partial charge < -0.3 is 10.3 Å². The average Bonchev–Trinajstić information content (AvgIpc) is 2.29. The molecule has 1 aliphatic heterocycles. The van der Waals surface area contributed by atoms with Gasteiger partial charge in [0.2, 0.25) is 0 Å². The molecule has 1 aromatic rings. The maximum atomic E-state index is 12.1. The van der Waals surface area contributed by atoms with Crippen LogP contribution in [0.5, 0.6) is 0 Å². The Balaban J connectivity index is 1.93. The van der Waals surface area contributed by atoms with Crippen LogP contribution in [0.2, 0.25) is 0 Å². The molecular formula is C15H23N3O2. The molecule has 2 N–H and O–H groups in total. The van der Waals surface area contributed by atoms with Crippen molar-refractivity contribution in [3.63, 3.8) is 0 Å². The van der Waals surface area contributed by atoms with Gasteiger partial charge in [-0.1, -0.05) is 0 Å². The van der Waals surface area contributed by atoms with Gasteiger partial charge in [-0.25, -0.2) is 0 Å². The Morgan fingerprint density at radius 2 is 2.20 bits per heavy atom. The molecule has 2 heterocycles. The number of aromatic nitrogens is 1. The van der Waals surface area contributed by atoms with Crippen molar-refractivity contribution < 1.29 is 4.79 Å². The van der Waals surface area contributed by atoms with E-state index in [0.717, 1.165) is 13.0 Å². The highest BCUT2D eigenvalue weighted by Crippen LogP contribution is 2.26. The number of amides is 1. The smallest absolute Gasteiger partial charge is 0.252 e. The Kier molecular flexibility index (Phi) is 3.99. The number of hydrogen-bond donors (Lipinski definition) is 2. The van der Waals surface area contributed by atoms with Crippen LogP contribution >= 0.6 is 0 Å². The summed E-state index contributed by atoms with van der Waals surface area (Å²) in [6.07, 6.45) is 2.58. The second-order valence-corrected chi connectivity index (χ2v) is 6.42. The molecule has 5 heteroatoms. The van der Waals surface area contributed by atoms with Gasteiger partial charge in [-0.2, -0.15) is 0 Å². The second kappa shape index (κ2) is 5.40. The van der Waals surface area contributed by atoms with Crippen molar-refractivity contribution in [1.82, 2.24) is 15.2 Å². The summed E-state index contributed by atoms with van der Waals surface area (Å²) in [7, 11) is 0. The molecule has 1 aliphatic rings. The zero-order valence-electron chi connectivity index (χ0n) is 12.6. The lowest BCUT2D eigenvalue weighted by Gasteiger charge is -2.49. The summed E-state index contributed by atoms with van der Waals surface area (Å²) < 4.78 is 0. The van der Waals surface area contributed by atoms with E-state index in [1.54, 1.807) is 13.0 Å². The van der Waals surface area contributed by atoms with E-state index in [4.69, 9.17) is 0 Å². The molecular weight excluding hydrogens is 254 g/mol. The molecule has 0 aliphatic carbocycles. The van der Waals surface area contributed by atoms with Crippen LogP contribution in [0.1, 0.15) is 43.1 Å². The minimum atomic E-state index is -0.153. The Morgan fingerprint density at radius 3 is 2.70 bits per heavy atom. The average molecular weight is 277 g/mol. The highest BCUT2D eigenvalue weighted by atomic mass is 16.1. The van der Waals surface area contributed by atoms with Gasteiger partial charge in [0.25, 0.3) is 11.5 Å². The molecule has 0 bridgehead atoms. The number of nitrogens with one attached hydrogen (secondary N) is 2. The molecule has 1 aromatic heterocycles. The minimum absolute atomic E-state index is 0.134. The summed E-state index contributed by atoms with van der Waals surface area (Å²) in [4.78, 5) is 28.3. The summed E-state index contributed by atoms with van der Waals surface area (Å²) in [5, 5.41) is 2.95. The third kappa shape index (κ3) is 3.10. The predicted octanol–water partition coefficient (Wildman–Crippen LogP) is 1.29. The molecule has 0 aromatic carbocycles. The lowest BCUT2D eigenvalue weighted by molar-refractivity contribution is 0.00279. The standard InChI is InChI=1S/C15H23N3O2/c1-10-7-11(8-16-13(10)19)14(20)17-9-12-5-6-18(12)15(2,3)4/h7-8,12H,5-6,9H2,1-4H3,(H,16,19)(H,17,20). The summed E-state index contributed by atoms with van der Waals surface area (Å²) in [5.74, 6) is -0.134. The van der Waals surface area contributed by atoms with Crippen molar-refractivity contribution in [2.75, 3.05) is 13.1 Å². The largest absolute Gasteiger partial charge is 0.350 e. The fraction of sp³-hybridized carbons (Fsp3) is 0.600. The van der Waals surface area contributed by atoms with Crippen LogP contribution in [0.15, 0.2) is 17.1 Å². The first-order valence-corrected chi connectivity index (χ1v) is 7.03. The van der Waals surface area contributed by atoms with Crippen LogP contribution in [0.25, 0.3) is 0 Å². The molecule has 2 rings (SSSR count). The molecule has 1 amide bonds. The van der Waals surface area contributed by atoms with Gasteiger partial charge in [0.1, 0.15) is 0 Å². The van der Waals surface area contributed by atoms with Crippen LogP contribution in [-0.4, -0.2) is 40.5 Å².